The summed E-state index contributed by atoms with van der Waals surface area (Å²) in [5.74, 6) is -1.50. The number of hydrogen-bond acceptors (Lipinski definition) is 5. The molecule has 0 saturated carbocycles. The SMILES string of the molecule is COC(=O)c1cc(C)c(-c2nc3cc(C(F)F)ccn3c2CC2CN(C)CCO2)cc1F. The third-order valence-corrected chi connectivity index (χ3v) is 5.74. The minimum absolute atomic E-state index is 0.123. The van der Waals surface area contributed by atoms with Crippen LogP contribution in [0.1, 0.15) is 33.6 Å². The largest absolute Gasteiger partial charge is 0.465 e. The van der Waals surface area contributed by atoms with Crippen LogP contribution in [0.15, 0.2) is 30.5 Å². The number of morpholine rings is 1. The summed E-state index contributed by atoms with van der Waals surface area (Å²) in [7, 11) is 3.19. The van der Waals surface area contributed by atoms with Gasteiger partial charge in [0.25, 0.3) is 6.43 Å². The molecule has 1 saturated heterocycles. The van der Waals surface area contributed by atoms with Crippen molar-refractivity contribution in [2.75, 3.05) is 33.9 Å². The molecular formula is C23H24F3N3O3. The Morgan fingerprint density at radius 1 is 1.34 bits per heavy atom. The second-order valence-corrected chi connectivity index (χ2v) is 7.99. The molecule has 3 heterocycles. The topological polar surface area (TPSA) is 56.1 Å². The van der Waals surface area contributed by atoms with Crippen molar-refractivity contribution in [2.45, 2.75) is 25.9 Å². The molecule has 1 aliphatic rings. The van der Waals surface area contributed by atoms with Crippen molar-refractivity contribution in [2.24, 2.45) is 0 Å². The Morgan fingerprint density at radius 3 is 2.81 bits per heavy atom. The van der Waals surface area contributed by atoms with Crippen LogP contribution in [0.3, 0.4) is 0 Å². The van der Waals surface area contributed by atoms with Crippen molar-refractivity contribution in [1.82, 2.24) is 14.3 Å². The Morgan fingerprint density at radius 2 is 2.12 bits per heavy atom. The Bertz CT molecular complexity index is 1160. The van der Waals surface area contributed by atoms with Crippen LogP contribution in [-0.2, 0) is 15.9 Å². The molecule has 3 aromatic rings. The number of benzene rings is 1. The van der Waals surface area contributed by atoms with Gasteiger partial charge in [-0.3, -0.25) is 0 Å². The number of carbonyl (C=O) groups is 1. The molecule has 1 unspecified atom stereocenters. The van der Waals surface area contributed by atoms with E-state index in [0.29, 0.717) is 42.0 Å². The van der Waals surface area contributed by atoms with Gasteiger partial charge < -0.3 is 18.8 Å². The number of halogens is 3. The quantitative estimate of drug-likeness (QED) is 0.553. The average molecular weight is 447 g/mol. The molecule has 0 bridgehead atoms. The summed E-state index contributed by atoms with van der Waals surface area (Å²) in [5, 5.41) is 0. The van der Waals surface area contributed by atoms with E-state index >= 15 is 0 Å². The number of likely N-dealkylation sites (N-methyl/N-ethyl adjacent to an activating group) is 1. The normalized spacial score (nSPS) is 17.3. The molecule has 0 amide bonds. The van der Waals surface area contributed by atoms with E-state index in [-0.39, 0.29) is 17.2 Å². The van der Waals surface area contributed by atoms with Crippen molar-refractivity contribution in [3.63, 3.8) is 0 Å². The van der Waals surface area contributed by atoms with E-state index < -0.39 is 18.2 Å². The van der Waals surface area contributed by atoms with Gasteiger partial charge in [0.05, 0.1) is 36.8 Å². The average Bonchev–Trinajstić information content (AvgIpc) is 3.11. The highest BCUT2D eigenvalue weighted by Gasteiger charge is 2.25. The van der Waals surface area contributed by atoms with Gasteiger partial charge in [-0.25, -0.2) is 22.9 Å². The molecule has 0 aliphatic carbocycles. The maximum atomic E-state index is 14.8. The van der Waals surface area contributed by atoms with Crippen molar-refractivity contribution < 1.29 is 27.4 Å². The van der Waals surface area contributed by atoms with Crippen LogP contribution in [0.2, 0.25) is 0 Å². The molecule has 1 aromatic carbocycles. The highest BCUT2D eigenvalue weighted by atomic mass is 19.3. The first-order valence-corrected chi connectivity index (χ1v) is 10.3. The Hall–Kier alpha value is -2.91. The number of fused-ring (bicyclic) bond motifs is 1. The summed E-state index contributed by atoms with van der Waals surface area (Å²) in [6.07, 6.45) is -0.725. The van der Waals surface area contributed by atoms with Gasteiger partial charge in [0.1, 0.15) is 11.5 Å². The molecule has 1 aliphatic heterocycles. The minimum atomic E-state index is -2.63. The predicted molar refractivity (Wildman–Crippen MR) is 113 cm³/mol. The first-order valence-electron chi connectivity index (χ1n) is 10.3. The molecule has 0 spiro atoms. The van der Waals surface area contributed by atoms with Gasteiger partial charge in [0.2, 0.25) is 0 Å². The second kappa shape index (κ2) is 8.91. The lowest BCUT2D eigenvalue weighted by molar-refractivity contribution is -0.0190. The van der Waals surface area contributed by atoms with Crippen LogP contribution >= 0.6 is 0 Å². The summed E-state index contributed by atoms with van der Waals surface area (Å²) in [4.78, 5) is 18.6. The van der Waals surface area contributed by atoms with Gasteiger partial charge in [-0.1, -0.05) is 0 Å². The summed E-state index contributed by atoms with van der Waals surface area (Å²) >= 11 is 0. The van der Waals surface area contributed by atoms with Crippen LogP contribution in [-0.4, -0.2) is 60.2 Å². The molecule has 1 atom stereocenters. The number of nitrogens with zero attached hydrogens (tertiary/aromatic N) is 3. The molecule has 0 radical (unpaired) electrons. The second-order valence-electron chi connectivity index (χ2n) is 7.99. The lowest BCUT2D eigenvalue weighted by Gasteiger charge is -2.30. The number of hydrogen-bond donors (Lipinski definition) is 0. The number of methoxy groups -OCH3 is 1. The van der Waals surface area contributed by atoms with Gasteiger partial charge >= 0.3 is 5.97 Å². The van der Waals surface area contributed by atoms with Crippen molar-refractivity contribution in [3.05, 3.63) is 58.7 Å². The van der Waals surface area contributed by atoms with Crippen molar-refractivity contribution >= 4 is 11.6 Å². The highest BCUT2D eigenvalue weighted by molar-refractivity contribution is 5.91. The number of ether oxygens (including phenoxy) is 2. The van der Waals surface area contributed by atoms with Crippen molar-refractivity contribution in [3.8, 4) is 11.3 Å². The number of esters is 1. The smallest absolute Gasteiger partial charge is 0.340 e. The van der Waals surface area contributed by atoms with Crippen LogP contribution in [0.5, 0.6) is 0 Å². The summed E-state index contributed by atoms with van der Waals surface area (Å²) < 4.78 is 53.6. The molecule has 170 valence electrons. The molecule has 32 heavy (non-hydrogen) atoms. The Balaban J connectivity index is 1.85. The minimum Gasteiger partial charge on any atom is -0.465 e. The van der Waals surface area contributed by atoms with Crippen LogP contribution in [0.4, 0.5) is 13.2 Å². The maximum Gasteiger partial charge on any atom is 0.340 e. The lowest BCUT2D eigenvalue weighted by atomic mass is 9.98. The van der Waals surface area contributed by atoms with Gasteiger partial charge in [0, 0.05) is 36.8 Å². The zero-order valence-corrected chi connectivity index (χ0v) is 18.1. The van der Waals surface area contributed by atoms with E-state index in [4.69, 9.17) is 4.74 Å². The van der Waals surface area contributed by atoms with Gasteiger partial charge in [-0.15, -0.1) is 0 Å². The fourth-order valence-electron chi connectivity index (χ4n) is 4.07. The zero-order valence-electron chi connectivity index (χ0n) is 18.1. The summed E-state index contributed by atoms with van der Waals surface area (Å²) in [6, 6.07) is 5.35. The van der Waals surface area contributed by atoms with E-state index in [1.165, 1.54) is 31.4 Å². The van der Waals surface area contributed by atoms with Crippen LogP contribution < -0.4 is 0 Å². The Labute approximate surface area is 183 Å². The number of pyridine rings is 1. The summed E-state index contributed by atoms with van der Waals surface area (Å²) in [5.41, 5.74) is 2.34. The number of alkyl halides is 2. The maximum absolute atomic E-state index is 14.8. The number of imidazole rings is 1. The number of carbonyl (C=O) groups excluding carboxylic acids is 1. The number of rotatable bonds is 5. The molecular weight excluding hydrogens is 423 g/mol. The first-order chi connectivity index (χ1) is 15.3. The fraction of sp³-hybridized carbons (Fsp3) is 0.391. The standard InChI is InChI=1S/C23H24F3N3O3/c1-13-8-17(23(30)31-3)18(24)11-16(13)21-19(10-15-12-28(2)6-7-32-15)29-5-4-14(22(25)26)9-20(29)27-21/h4-5,8-9,11,15,22H,6-7,10,12H2,1-3H3. The molecule has 4 rings (SSSR count). The van der Waals surface area contributed by atoms with Crippen LogP contribution in [0, 0.1) is 12.7 Å². The first kappa shape index (κ1) is 22.3. The Kier molecular flexibility index (Phi) is 6.21. The lowest BCUT2D eigenvalue weighted by Crippen LogP contribution is -2.41. The van der Waals surface area contributed by atoms with E-state index in [1.807, 2.05) is 7.05 Å². The van der Waals surface area contributed by atoms with E-state index in [2.05, 4.69) is 14.6 Å². The summed E-state index contributed by atoms with van der Waals surface area (Å²) in [6.45, 7) is 3.86. The third-order valence-electron chi connectivity index (χ3n) is 5.74. The van der Waals surface area contributed by atoms with Gasteiger partial charge in [-0.05, 0) is 43.8 Å². The molecule has 2 aromatic heterocycles. The monoisotopic (exact) mass is 447 g/mol. The number of aromatic nitrogens is 2. The van der Waals surface area contributed by atoms with E-state index in [9.17, 15) is 18.0 Å². The van der Waals surface area contributed by atoms with Gasteiger partial charge in [-0.2, -0.15) is 0 Å². The van der Waals surface area contributed by atoms with Crippen molar-refractivity contribution in [1.29, 1.82) is 0 Å². The highest BCUT2D eigenvalue weighted by Crippen LogP contribution is 2.32. The van der Waals surface area contributed by atoms with E-state index in [1.54, 1.807) is 17.5 Å². The van der Waals surface area contributed by atoms with E-state index in [0.717, 1.165) is 12.2 Å². The van der Waals surface area contributed by atoms with Crippen LogP contribution in [0.25, 0.3) is 16.9 Å². The zero-order chi connectivity index (χ0) is 23.0. The van der Waals surface area contributed by atoms with Gasteiger partial charge in [0.15, 0.2) is 0 Å². The molecule has 1 fully saturated rings. The molecule has 0 N–H and O–H groups in total. The molecule has 6 nitrogen and oxygen atoms in total. The molecule has 9 heteroatoms. The predicted octanol–water partition coefficient (Wildman–Crippen LogP) is 4.05. The third kappa shape index (κ3) is 4.22. The number of aryl methyl sites for hydroxylation is 1. The fourth-order valence-corrected chi connectivity index (χ4v) is 4.07.